The van der Waals surface area contributed by atoms with Crippen molar-refractivity contribution in [3.05, 3.63) is 64.6 Å². The van der Waals surface area contributed by atoms with E-state index in [1.165, 1.54) is 11.6 Å². The van der Waals surface area contributed by atoms with Crippen LogP contribution >= 0.6 is 0 Å². The minimum atomic E-state index is 0.00175. The summed E-state index contributed by atoms with van der Waals surface area (Å²) in [6.45, 7) is 2.54. The van der Waals surface area contributed by atoms with Crippen molar-refractivity contribution in [2.75, 3.05) is 25.9 Å². The Morgan fingerprint density at radius 2 is 1.86 bits per heavy atom. The van der Waals surface area contributed by atoms with E-state index in [0.29, 0.717) is 12.2 Å². The number of hydrogen-bond acceptors (Lipinski definition) is 3. The van der Waals surface area contributed by atoms with Crippen molar-refractivity contribution in [1.29, 1.82) is 0 Å². The molecular formula is C17H23N3O. The molecule has 0 saturated heterocycles. The van der Waals surface area contributed by atoms with Crippen LogP contribution in [-0.4, -0.2) is 29.6 Å². The van der Waals surface area contributed by atoms with Crippen LogP contribution in [0.3, 0.4) is 0 Å². The van der Waals surface area contributed by atoms with Crippen LogP contribution < -0.4 is 11.3 Å². The molecule has 0 aliphatic rings. The smallest absolute Gasteiger partial charge is 0.250 e. The van der Waals surface area contributed by atoms with Gasteiger partial charge in [0.25, 0.3) is 5.56 Å². The Labute approximate surface area is 125 Å². The second-order valence-corrected chi connectivity index (χ2v) is 5.39. The van der Waals surface area contributed by atoms with Crippen LogP contribution in [0.15, 0.2) is 53.5 Å². The summed E-state index contributed by atoms with van der Waals surface area (Å²) in [4.78, 5) is 13.9. The van der Waals surface area contributed by atoms with E-state index in [1.54, 1.807) is 16.8 Å². The molecule has 2 rings (SSSR count). The molecule has 0 fully saturated rings. The number of pyridine rings is 1. The molecule has 1 heterocycles. The van der Waals surface area contributed by atoms with Crippen molar-refractivity contribution in [2.45, 2.75) is 19.4 Å². The van der Waals surface area contributed by atoms with Gasteiger partial charge in [0.1, 0.15) is 0 Å². The van der Waals surface area contributed by atoms with Gasteiger partial charge in [0, 0.05) is 31.0 Å². The molecule has 2 N–H and O–H groups in total. The molecule has 0 saturated carbocycles. The number of nitrogens with two attached hydrogens (primary N) is 1. The van der Waals surface area contributed by atoms with E-state index < -0.39 is 0 Å². The van der Waals surface area contributed by atoms with Gasteiger partial charge < -0.3 is 15.2 Å². The molecule has 0 aliphatic carbocycles. The average molecular weight is 285 g/mol. The summed E-state index contributed by atoms with van der Waals surface area (Å²) in [5.41, 5.74) is 7.71. The summed E-state index contributed by atoms with van der Waals surface area (Å²) in [7, 11) is 2.09. The van der Waals surface area contributed by atoms with Crippen LogP contribution in [0.25, 0.3) is 0 Å². The third-order valence-corrected chi connectivity index (χ3v) is 3.58. The van der Waals surface area contributed by atoms with E-state index in [-0.39, 0.29) is 5.56 Å². The van der Waals surface area contributed by atoms with Crippen LogP contribution in [0, 0.1) is 0 Å². The first-order chi connectivity index (χ1) is 10.1. The number of aryl methyl sites for hydroxylation is 1. The number of likely N-dealkylation sites (N-methyl/N-ethyl adjacent to an activating group) is 1. The van der Waals surface area contributed by atoms with Crippen molar-refractivity contribution in [3.8, 4) is 0 Å². The topological polar surface area (TPSA) is 51.3 Å². The number of anilines is 1. The molecule has 1 aromatic heterocycles. The second-order valence-electron chi connectivity index (χ2n) is 5.39. The Morgan fingerprint density at radius 1 is 1.10 bits per heavy atom. The SMILES string of the molecule is CN(CCCc1ccccc1)CCn1cc(N)ccc1=O. The molecular weight excluding hydrogens is 262 g/mol. The molecule has 4 heteroatoms. The second kappa shape index (κ2) is 7.64. The van der Waals surface area contributed by atoms with Crippen molar-refractivity contribution < 1.29 is 0 Å². The molecule has 0 radical (unpaired) electrons. The third-order valence-electron chi connectivity index (χ3n) is 3.58. The lowest BCUT2D eigenvalue weighted by molar-refractivity contribution is 0.313. The van der Waals surface area contributed by atoms with Gasteiger partial charge in [-0.2, -0.15) is 0 Å². The van der Waals surface area contributed by atoms with Gasteiger partial charge >= 0.3 is 0 Å². The standard InChI is InChI=1S/C17H23N3O/c1-19(11-5-8-15-6-3-2-4-7-15)12-13-20-14-16(18)9-10-17(20)21/h2-4,6-7,9-10,14H,5,8,11-13,18H2,1H3. The molecule has 2 aromatic rings. The van der Waals surface area contributed by atoms with Gasteiger partial charge in [-0.3, -0.25) is 4.79 Å². The van der Waals surface area contributed by atoms with Crippen molar-refractivity contribution in [1.82, 2.24) is 9.47 Å². The third kappa shape index (κ3) is 5.08. The monoisotopic (exact) mass is 285 g/mol. The predicted molar refractivity (Wildman–Crippen MR) is 87.4 cm³/mol. The van der Waals surface area contributed by atoms with Crippen LogP contribution in [-0.2, 0) is 13.0 Å². The quantitative estimate of drug-likeness (QED) is 0.846. The molecule has 0 amide bonds. The fourth-order valence-electron chi connectivity index (χ4n) is 2.31. The van der Waals surface area contributed by atoms with Crippen LogP contribution in [0.2, 0.25) is 0 Å². The van der Waals surface area contributed by atoms with E-state index >= 15 is 0 Å². The minimum Gasteiger partial charge on any atom is -0.398 e. The van der Waals surface area contributed by atoms with Gasteiger partial charge in [-0.15, -0.1) is 0 Å². The van der Waals surface area contributed by atoms with Gasteiger partial charge in [0.05, 0.1) is 0 Å². The summed E-state index contributed by atoms with van der Waals surface area (Å²) in [5.74, 6) is 0. The maximum absolute atomic E-state index is 11.7. The van der Waals surface area contributed by atoms with Crippen molar-refractivity contribution in [2.24, 2.45) is 0 Å². The first-order valence-corrected chi connectivity index (χ1v) is 7.33. The van der Waals surface area contributed by atoms with Gasteiger partial charge in [-0.05, 0) is 38.1 Å². The maximum Gasteiger partial charge on any atom is 0.250 e. The fourth-order valence-corrected chi connectivity index (χ4v) is 2.31. The highest BCUT2D eigenvalue weighted by atomic mass is 16.1. The molecule has 1 aromatic carbocycles. The normalized spacial score (nSPS) is 11.0. The summed E-state index contributed by atoms with van der Waals surface area (Å²) in [6.07, 6.45) is 3.91. The summed E-state index contributed by atoms with van der Waals surface area (Å²) < 4.78 is 1.67. The van der Waals surface area contributed by atoms with E-state index in [4.69, 9.17) is 5.73 Å². The predicted octanol–water partition coefficient (Wildman–Crippen LogP) is 2.00. The molecule has 0 aliphatic heterocycles. The summed E-state index contributed by atoms with van der Waals surface area (Å²) in [6, 6.07) is 13.7. The average Bonchev–Trinajstić information content (AvgIpc) is 2.49. The zero-order chi connectivity index (χ0) is 15.1. The maximum atomic E-state index is 11.7. The number of benzene rings is 1. The van der Waals surface area contributed by atoms with E-state index in [0.717, 1.165) is 25.9 Å². The Hall–Kier alpha value is -2.07. The van der Waals surface area contributed by atoms with Crippen LogP contribution in [0.1, 0.15) is 12.0 Å². The Kier molecular flexibility index (Phi) is 5.58. The van der Waals surface area contributed by atoms with E-state index in [2.05, 4.69) is 36.2 Å². The van der Waals surface area contributed by atoms with Crippen molar-refractivity contribution >= 4 is 5.69 Å². The number of aromatic nitrogens is 1. The zero-order valence-corrected chi connectivity index (χ0v) is 12.5. The summed E-state index contributed by atoms with van der Waals surface area (Å²) >= 11 is 0. The number of hydrogen-bond donors (Lipinski definition) is 1. The molecule has 0 unspecified atom stereocenters. The van der Waals surface area contributed by atoms with E-state index in [9.17, 15) is 4.79 Å². The Bertz CT molecular complexity index is 607. The first kappa shape index (κ1) is 15.3. The molecule has 0 atom stereocenters. The first-order valence-electron chi connectivity index (χ1n) is 7.33. The molecule has 4 nitrogen and oxygen atoms in total. The molecule has 112 valence electrons. The van der Waals surface area contributed by atoms with Gasteiger partial charge in [0.15, 0.2) is 0 Å². The summed E-state index contributed by atoms with van der Waals surface area (Å²) in [5, 5.41) is 0. The minimum absolute atomic E-state index is 0.00175. The highest BCUT2D eigenvalue weighted by molar-refractivity contribution is 5.33. The van der Waals surface area contributed by atoms with Crippen LogP contribution in [0.4, 0.5) is 5.69 Å². The highest BCUT2D eigenvalue weighted by Crippen LogP contribution is 2.03. The lowest BCUT2D eigenvalue weighted by Gasteiger charge is -2.17. The van der Waals surface area contributed by atoms with Crippen LogP contribution in [0.5, 0.6) is 0 Å². The van der Waals surface area contributed by atoms with Gasteiger partial charge in [-0.1, -0.05) is 30.3 Å². The number of nitrogen functional groups attached to an aromatic ring is 1. The molecule has 0 bridgehead atoms. The number of nitrogens with zero attached hydrogens (tertiary/aromatic N) is 2. The Balaban J connectivity index is 1.73. The lowest BCUT2D eigenvalue weighted by Crippen LogP contribution is -2.29. The molecule has 0 spiro atoms. The van der Waals surface area contributed by atoms with Gasteiger partial charge in [0.2, 0.25) is 0 Å². The highest BCUT2D eigenvalue weighted by Gasteiger charge is 2.01. The fraction of sp³-hybridized carbons (Fsp3) is 0.353. The largest absolute Gasteiger partial charge is 0.398 e. The van der Waals surface area contributed by atoms with Gasteiger partial charge in [-0.25, -0.2) is 0 Å². The molecule has 21 heavy (non-hydrogen) atoms. The number of rotatable bonds is 7. The zero-order valence-electron chi connectivity index (χ0n) is 12.5. The van der Waals surface area contributed by atoms with E-state index in [1.807, 2.05) is 6.07 Å². The van der Waals surface area contributed by atoms with Crippen molar-refractivity contribution in [3.63, 3.8) is 0 Å². The Morgan fingerprint density at radius 3 is 2.62 bits per heavy atom. The lowest BCUT2D eigenvalue weighted by atomic mass is 10.1.